The molecule has 1 aromatic carbocycles. The molecule has 4 aromatic rings. The van der Waals surface area contributed by atoms with Crippen LogP contribution in [-0.4, -0.2) is 53.0 Å². The summed E-state index contributed by atoms with van der Waals surface area (Å²) < 4.78 is 17.1. The molecule has 0 saturated heterocycles. The highest BCUT2D eigenvalue weighted by molar-refractivity contribution is 7.98. The minimum Gasteiger partial charge on any atom is -0.491 e. The molecule has 0 fully saturated rings. The van der Waals surface area contributed by atoms with E-state index in [2.05, 4.69) is 11.1 Å². The Kier molecular flexibility index (Phi) is 7.81. The van der Waals surface area contributed by atoms with E-state index in [-0.39, 0.29) is 24.6 Å². The van der Waals surface area contributed by atoms with Crippen molar-refractivity contribution in [2.75, 3.05) is 33.2 Å². The van der Waals surface area contributed by atoms with Crippen LogP contribution >= 0.6 is 11.8 Å². The number of benzene rings is 1. The summed E-state index contributed by atoms with van der Waals surface area (Å²) in [5.74, 6) is 0.976. The third kappa shape index (κ3) is 5.02. The number of carbonyl (C=O) groups is 1. The van der Waals surface area contributed by atoms with Crippen LogP contribution in [0.15, 0.2) is 47.6 Å². The van der Waals surface area contributed by atoms with E-state index in [0.29, 0.717) is 50.1 Å². The number of nitriles is 1. The average molecular weight is 520 g/mol. The monoisotopic (exact) mass is 519 g/mol. The highest BCUT2D eigenvalue weighted by Crippen LogP contribution is 2.42. The summed E-state index contributed by atoms with van der Waals surface area (Å²) in [5.41, 5.74) is 9.75. The standard InChI is InChI=1S/C26H25N5O5S/c1-31-23(26(33)35-3)22(28)21-20(16-5-7-17(8-6-16)36-11-10-32)18(12-27)25(30-24(21)31)37-14-15-4-9-19(34-2)29-13-15/h4-9,13,32H,10-11,14,28H2,1-3H3. The van der Waals surface area contributed by atoms with Crippen molar-refractivity contribution in [3.8, 4) is 28.8 Å². The van der Waals surface area contributed by atoms with Gasteiger partial charge in [0.05, 0.1) is 37.5 Å². The maximum Gasteiger partial charge on any atom is 0.356 e. The average Bonchev–Trinajstić information content (AvgIpc) is 3.18. The zero-order valence-electron chi connectivity index (χ0n) is 20.5. The first-order chi connectivity index (χ1) is 17.9. The molecule has 10 nitrogen and oxygen atoms in total. The van der Waals surface area contributed by atoms with Crippen molar-refractivity contribution in [1.82, 2.24) is 14.5 Å². The van der Waals surface area contributed by atoms with Crippen LogP contribution in [0.4, 0.5) is 5.69 Å². The number of rotatable bonds is 9. The quantitative estimate of drug-likeness (QED) is 0.249. The van der Waals surface area contributed by atoms with Gasteiger partial charge >= 0.3 is 5.97 Å². The predicted molar refractivity (Wildman–Crippen MR) is 140 cm³/mol. The van der Waals surface area contributed by atoms with Crippen LogP contribution < -0.4 is 15.2 Å². The van der Waals surface area contributed by atoms with Crippen LogP contribution in [0.25, 0.3) is 22.2 Å². The Morgan fingerprint density at radius 3 is 2.57 bits per heavy atom. The molecule has 37 heavy (non-hydrogen) atoms. The first-order valence-corrected chi connectivity index (χ1v) is 12.2. The molecule has 0 aliphatic heterocycles. The van der Waals surface area contributed by atoms with Crippen molar-refractivity contribution >= 4 is 34.5 Å². The van der Waals surface area contributed by atoms with Gasteiger partial charge < -0.3 is 29.6 Å². The van der Waals surface area contributed by atoms with Crippen molar-refractivity contribution in [2.24, 2.45) is 7.05 Å². The number of hydrogen-bond acceptors (Lipinski definition) is 10. The summed E-state index contributed by atoms with van der Waals surface area (Å²) in [4.78, 5) is 21.5. The Morgan fingerprint density at radius 2 is 1.97 bits per heavy atom. The molecule has 0 radical (unpaired) electrons. The molecule has 0 unspecified atom stereocenters. The van der Waals surface area contributed by atoms with Gasteiger partial charge in [0.25, 0.3) is 0 Å². The van der Waals surface area contributed by atoms with E-state index in [1.807, 2.05) is 6.07 Å². The normalized spacial score (nSPS) is 10.8. The van der Waals surface area contributed by atoms with Gasteiger partial charge in [-0.1, -0.05) is 18.2 Å². The molecule has 0 amide bonds. The van der Waals surface area contributed by atoms with Crippen LogP contribution in [0.1, 0.15) is 21.6 Å². The molecule has 0 saturated carbocycles. The molecular formula is C26H25N5O5S. The number of ether oxygens (including phenoxy) is 3. The van der Waals surface area contributed by atoms with Crippen LogP contribution in [0.3, 0.4) is 0 Å². The molecule has 4 rings (SSSR count). The Balaban J connectivity index is 1.89. The zero-order chi connectivity index (χ0) is 26.5. The van der Waals surface area contributed by atoms with E-state index >= 15 is 0 Å². The fourth-order valence-corrected chi connectivity index (χ4v) is 4.86. The number of nitrogens with two attached hydrogens (primary N) is 1. The molecule has 3 heterocycles. The first kappa shape index (κ1) is 25.8. The second-order valence-electron chi connectivity index (χ2n) is 7.88. The van der Waals surface area contributed by atoms with Gasteiger partial charge in [-0.25, -0.2) is 14.8 Å². The number of methoxy groups -OCH3 is 2. The van der Waals surface area contributed by atoms with Crippen LogP contribution in [0, 0.1) is 11.3 Å². The number of hydrogen-bond donors (Lipinski definition) is 2. The number of carbonyl (C=O) groups excluding carboxylic acids is 1. The summed E-state index contributed by atoms with van der Waals surface area (Å²) in [5, 5.41) is 20.3. The lowest BCUT2D eigenvalue weighted by Crippen LogP contribution is -2.10. The fourth-order valence-electron chi connectivity index (χ4n) is 3.95. The van der Waals surface area contributed by atoms with Gasteiger partial charge in [0.2, 0.25) is 5.88 Å². The van der Waals surface area contributed by atoms with E-state index in [1.165, 1.54) is 18.9 Å². The molecule has 11 heteroatoms. The predicted octanol–water partition coefficient (Wildman–Crippen LogP) is 3.55. The third-order valence-corrected chi connectivity index (χ3v) is 6.74. The van der Waals surface area contributed by atoms with Crippen molar-refractivity contribution in [1.29, 1.82) is 5.26 Å². The number of esters is 1. The largest absolute Gasteiger partial charge is 0.491 e. The van der Waals surface area contributed by atoms with Crippen molar-refractivity contribution in [3.63, 3.8) is 0 Å². The number of pyridine rings is 2. The SMILES string of the molecule is COC(=O)c1c(N)c2c(-c3ccc(OCCO)cc3)c(C#N)c(SCc3ccc(OC)nc3)nc2n1C. The molecule has 190 valence electrons. The van der Waals surface area contributed by atoms with E-state index in [1.54, 1.807) is 55.3 Å². The Labute approximate surface area is 217 Å². The fraction of sp³-hybridized carbons (Fsp3) is 0.231. The Bertz CT molecular complexity index is 1480. The number of nitrogens with zero attached hydrogens (tertiary/aromatic N) is 4. The van der Waals surface area contributed by atoms with E-state index in [0.717, 1.165) is 5.56 Å². The third-order valence-electron chi connectivity index (χ3n) is 5.70. The topological polar surface area (TPSA) is 146 Å². The first-order valence-electron chi connectivity index (χ1n) is 11.2. The number of fused-ring (bicyclic) bond motifs is 1. The minimum absolute atomic E-state index is 0.105. The number of thioether (sulfide) groups is 1. The maximum atomic E-state index is 12.5. The van der Waals surface area contributed by atoms with Gasteiger partial charge in [0.15, 0.2) is 5.69 Å². The molecule has 0 spiro atoms. The summed E-state index contributed by atoms with van der Waals surface area (Å²) >= 11 is 1.38. The van der Waals surface area contributed by atoms with Crippen LogP contribution in [0.2, 0.25) is 0 Å². The molecule has 0 aliphatic carbocycles. The van der Waals surface area contributed by atoms with E-state index in [4.69, 9.17) is 30.0 Å². The molecule has 3 N–H and O–H groups in total. The number of aliphatic hydroxyl groups excluding tert-OH is 1. The molecule has 0 aliphatic rings. The van der Waals surface area contributed by atoms with Crippen molar-refractivity contribution in [3.05, 3.63) is 59.4 Å². The highest BCUT2D eigenvalue weighted by Gasteiger charge is 2.27. The highest BCUT2D eigenvalue weighted by atomic mass is 32.2. The lowest BCUT2D eigenvalue weighted by Gasteiger charge is -2.13. The molecule has 3 aromatic heterocycles. The Hall–Kier alpha value is -4.27. The van der Waals surface area contributed by atoms with Crippen LogP contribution in [-0.2, 0) is 17.5 Å². The number of nitrogen functional groups attached to an aromatic ring is 1. The Morgan fingerprint density at radius 1 is 1.22 bits per heavy atom. The van der Waals surface area contributed by atoms with Crippen molar-refractivity contribution in [2.45, 2.75) is 10.8 Å². The van der Waals surface area contributed by atoms with Gasteiger partial charge in [-0.2, -0.15) is 5.26 Å². The summed E-state index contributed by atoms with van der Waals surface area (Å²) in [6.07, 6.45) is 1.71. The number of anilines is 1. The molecule has 0 bridgehead atoms. The van der Waals surface area contributed by atoms with Gasteiger partial charge in [0.1, 0.15) is 29.1 Å². The summed E-state index contributed by atoms with van der Waals surface area (Å²) in [6, 6.07) is 13.0. The maximum absolute atomic E-state index is 12.5. The van der Waals surface area contributed by atoms with E-state index in [9.17, 15) is 10.1 Å². The lowest BCUT2D eigenvalue weighted by atomic mass is 9.98. The second-order valence-corrected chi connectivity index (χ2v) is 8.85. The molecular weight excluding hydrogens is 494 g/mol. The van der Waals surface area contributed by atoms with Gasteiger partial charge in [0, 0.05) is 30.6 Å². The van der Waals surface area contributed by atoms with Crippen LogP contribution in [0.5, 0.6) is 11.6 Å². The minimum atomic E-state index is -0.603. The van der Waals surface area contributed by atoms with Gasteiger partial charge in [-0.05, 0) is 23.3 Å². The van der Waals surface area contributed by atoms with Gasteiger partial charge in [-0.15, -0.1) is 11.8 Å². The number of aryl methyl sites for hydroxylation is 1. The van der Waals surface area contributed by atoms with E-state index < -0.39 is 5.97 Å². The molecule has 0 atom stereocenters. The zero-order valence-corrected chi connectivity index (χ0v) is 21.3. The summed E-state index contributed by atoms with van der Waals surface area (Å²) in [7, 11) is 4.52. The number of aliphatic hydroxyl groups is 1. The lowest BCUT2D eigenvalue weighted by molar-refractivity contribution is 0.0591. The summed E-state index contributed by atoms with van der Waals surface area (Å²) in [6.45, 7) is 0.0594. The second kappa shape index (κ2) is 11.2. The van der Waals surface area contributed by atoms with Crippen molar-refractivity contribution < 1.29 is 24.1 Å². The van der Waals surface area contributed by atoms with Gasteiger partial charge in [-0.3, -0.25) is 0 Å². The smallest absolute Gasteiger partial charge is 0.356 e. The number of aromatic nitrogens is 3.